The molecule has 96 valence electrons. The Hall–Kier alpha value is -2.23. The standard InChI is InChI=1S/C5H4N8.H3O4P/c6-3-2-4(9-1-8-3)11-5(10-2)12-13-7;1-5(2,3)4/h1H,(H3,6,8,9,10,11);(H3,1,2,3,4). The first kappa shape index (κ1) is 13.8. The van der Waals surface area contributed by atoms with E-state index in [4.69, 9.17) is 30.5 Å². The van der Waals surface area contributed by atoms with Crippen LogP contribution in [0.25, 0.3) is 21.6 Å². The predicted molar refractivity (Wildman–Crippen MR) is 59.2 cm³/mol. The zero-order valence-corrected chi connectivity index (χ0v) is 9.43. The summed E-state index contributed by atoms with van der Waals surface area (Å²) in [6.45, 7) is 0. The van der Waals surface area contributed by atoms with Gasteiger partial charge < -0.3 is 25.4 Å². The Kier molecular flexibility index (Phi) is 4.15. The minimum absolute atomic E-state index is 0.129. The fourth-order valence-corrected chi connectivity index (χ4v) is 0.924. The van der Waals surface area contributed by atoms with Crippen LogP contribution in [-0.4, -0.2) is 34.6 Å². The van der Waals surface area contributed by atoms with Gasteiger partial charge in [0.1, 0.15) is 11.8 Å². The number of hydrogen-bond donors (Lipinski definition) is 5. The Bertz CT molecular complexity index is 634. The van der Waals surface area contributed by atoms with Crippen molar-refractivity contribution in [1.29, 1.82) is 0 Å². The molecule has 0 radical (unpaired) electrons. The van der Waals surface area contributed by atoms with Gasteiger partial charge >= 0.3 is 7.82 Å². The number of aromatic nitrogens is 4. The Morgan fingerprint density at radius 3 is 2.56 bits per heavy atom. The third kappa shape index (κ3) is 4.33. The van der Waals surface area contributed by atoms with Crippen molar-refractivity contribution in [3.05, 3.63) is 16.8 Å². The maximum atomic E-state index is 8.88. The Labute approximate surface area is 98.4 Å². The molecule has 0 atom stereocenters. The molecule has 0 aromatic carbocycles. The number of nitrogen functional groups attached to an aromatic ring is 1. The van der Waals surface area contributed by atoms with Gasteiger partial charge in [-0.05, 0) is 10.6 Å². The van der Waals surface area contributed by atoms with Crippen molar-refractivity contribution in [3.8, 4) is 0 Å². The van der Waals surface area contributed by atoms with Gasteiger partial charge in [0.15, 0.2) is 17.4 Å². The zero-order chi connectivity index (χ0) is 13.8. The summed E-state index contributed by atoms with van der Waals surface area (Å²) in [5.74, 6) is 0.404. The van der Waals surface area contributed by atoms with E-state index in [2.05, 4.69) is 30.0 Å². The third-order valence-corrected chi connectivity index (χ3v) is 1.44. The van der Waals surface area contributed by atoms with E-state index in [1.165, 1.54) is 6.33 Å². The lowest BCUT2D eigenvalue weighted by Gasteiger charge is -1.89. The molecule has 0 saturated heterocycles. The molecule has 13 heteroatoms. The third-order valence-electron chi connectivity index (χ3n) is 1.44. The lowest BCUT2D eigenvalue weighted by molar-refractivity contribution is 0.275. The van der Waals surface area contributed by atoms with E-state index in [0.717, 1.165) is 0 Å². The number of azide groups is 1. The zero-order valence-electron chi connectivity index (χ0n) is 8.54. The van der Waals surface area contributed by atoms with E-state index >= 15 is 0 Å². The number of phosphoric acid groups is 1. The van der Waals surface area contributed by atoms with E-state index in [1.807, 2.05) is 0 Å². The van der Waals surface area contributed by atoms with Crippen LogP contribution in [0.4, 0.5) is 11.8 Å². The summed E-state index contributed by atoms with van der Waals surface area (Å²) in [5.41, 5.74) is 14.5. The normalized spacial score (nSPS) is 10.4. The molecule has 0 spiro atoms. The van der Waals surface area contributed by atoms with Crippen LogP contribution < -0.4 is 5.73 Å². The van der Waals surface area contributed by atoms with E-state index < -0.39 is 7.82 Å². The van der Waals surface area contributed by atoms with Crippen molar-refractivity contribution in [1.82, 2.24) is 19.9 Å². The fourth-order valence-electron chi connectivity index (χ4n) is 0.924. The number of rotatable bonds is 1. The van der Waals surface area contributed by atoms with Crippen LogP contribution in [0, 0.1) is 0 Å². The van der Waals surface area contributed by atoms with Gasteiger partial charge in [-0.15, -0.1) is 0 Å². The van der Waals surface area contributed by atoms with Crippen molar-refractivity contribution in [2.75, 3.05) is 5.73 Å². The van der Waals surface area contributed by atoms with E-state index in [-0.39, 0.29) is 11.8 Å². The van der Waals surface area contributed by atoms with Crippen LogP contribution in [-0.2, 0) is 4.57 Å². The van der Waals surface area contributed by atoms with E-state index in [9.17, 15) is 0 Å². The second kappa shape index (κ2) is 5.40. The molecule has 6 N–H and O–H groups in total. The average molecular weight is 274 g/mol. The van der Waals surface area contributed by atoms with Gasteiger partial charge in [0.2, 0.25) is 0 Å². The van der Waals surface area contributed by atoms with Crippen molar-refractivity contribution in [2.45, 2.75) is 0 Å². The number of fused-ring (bicyclic) bond motifs is 1. The SMILES string of the molecule is O=P(O)(O)O.[N-]=[N+]=Nc1nc2ncnc(N)c2[nH]1. The van der Waals surface area contributed by atoms with Crippen molar-refractivity contribution in [2.24, 2.45) is 5.11 Å². The molecule has 12 nitrogen and oxygen atoms in total. The van der Waals surface area contributed by atoms with Gasteiger partial charge in [-0.1, -0.05) is 0 Å². The quantitative estimate of drug-likeness (QED) is 0.205. The molecule has 0 aliphatic rings. The maximum Gasteiger partial charge on any atom is 0.466 e. The largest absolute Gasteiger partial charge is 0.466 e. The van der Waals surface area contributed by atoms with E-state index in [1.54, 1.807) is 0 Å². The summed E-state index contributed by atoms with van der Waals surface area (Å²) in [6.07, 6.45) is 1.29. The summed E-state index contributed by atoms with van der Waals surface area (Å²) in [4.78, 5) is 38.2. The molecule has 0 aliphatic heterocycles. The van der Waals surface area contributed by atoms with Crippen molar-refractivity contribution in [3.63, 3.8) is 0 Å². The maximum absolute atomic E-state index is 8.88. The molecule has 2 aromatic rings. The van der Waals surface area contributed by atoms with Crippen LogP contribution in [0.1, 0.15) is 0 Å². The van der Waals surface area contributed by atoms with Crippen LogP contribution >= 0.6 is 7.82 Å². The molecular formula is C5H7N8O4P. The molecular weight excluding hydrogens is 267 g/mol. The Balaban J connectivity index is 0.000000280. The summed E-state index contributed by atoms with van der Waals surface area (Å²) < 4.78 is 8.88. The topological polar surface area (TPSA) is 207 Å². The second-order valence-electron chi connectivity index (χ2n) is 2.72. The highest BCUT2D eigenvalue weighted by Crippen LogP contribution is 2.25. The first-order chi connectivity index (χ1) is 8.31. The van der Waals surface area contributed by atoms with Crippen LogP contribution in [0.3, 0.4) is 0 Å². The summed E-state index contributed by atoms with van der Waals surface area (Å²) >= 11 is 0. The van der Waals surface area contributed by atoms with Crippen LogP contribution in [0.5, 0.6) is 0 Å². The highest BCUT2D eigenvalue weighted by atomic mass is 31.2. The average Bonchev–Trinajstić information content (AvgIpc) is 2.60. The molecule has 0 amide bonds. The molecule has 0 unspecified atom stereocenters. The fraction of sp³-hybridized carbons (Fsp3) is 0. The van der Waals surface area contributed by atoms with Gasteiger partial charge in [0.25, 0.3) is 0 Å². The molecule has 0 bridgehead atoms. The van der Waals surface area contributed by atoms with Gasteiger partial charge in [0, 0.05) is 4.91 Å². The Morgan fingerprint density at radius 1 is 1.44 bits per heavy atom. The molecule has 2 rings (SSSR count). The molecule has 0 aliphatic carbocycles. The number of aromatic amines is 1. The summed E-state index contributed by atoms with van der Waals surface area (Å²) in [5, 5.41) is 3.28. The molecule has 0 fully saturated rings. The lowest BCUT2D eigenvalue weighted by atomic mass is 10.5. The predicted octanol–water partition coefficient (Wildman–Crippen LogP) is -0.0517. The number of nitrogens with one attached hydrogen (secondary N) is 1. The van der Waals surface area contributed by atoms with Gasteiger partial charge in [-0.25, -0.2) is 19.5 Å². The number of hydrogen-bond acceptors (Lipinski definition) is 6. The monoisotopic (exact) mass is 274 g/mol. The van der Waals surface area contributed by atoms with Gasteiger partial charge in [-0.3, -0.25) is 0 Å². The summed E-state index contributed by atoms with van der Waals surface area (Å²) in [7, 11) is -4.64. The molecule has 2 heterocycles. The number of nitrogens with zero attached hydrogens (tertiary/aromatic N) is 6. The summed E-state index contributed by atoms with van der Waals surface area (Å²) in [6, 6.07) is 0. The first-order valence-corrected chi connectivity index (χ1v) is 5.67. The lowest BCUT2D eigenvalue weighted by Crippen LogP contribution is -1.91. The molecule has 0 saturated carbocycles. The van der Waals surface area contributed by atoms with Crippen molar-refractivity contribution >= 4 is 30.8 Å². The van der Waals surface area contributed by atoms with Gasteiger partial charge in [0.05, 0.1) is 0 Å². The minimum Gasteiger partial charge on any atom is -0.382 e. The van der Waals surface area contributed by atoms with Crippen molar-refractivity contribution < 1.29 is 19.2 Å². The van der Waals surface area contributed by atoms with Crippen LogP contribution in [0.15, 0.2) is 11.4 Å². The number of imidazole rings is 1. The van der Waals surface area contributed by atoms with Gasteiger partial charge in [-0.2, -0.15) is 0 Å². The van der Waals surface area contributed by atoms with E-state index in [0.29, 0.717) is 11.2 Å². The molecule has 2 aromatic heterocycles. The number of anilines is 1. The smallest absolute Gasteiger partial charge is 0.382 e. The molecule has 18 heavy (non-hydrogen) atoms. The number of nitrogens with two attached hydrogens (primary N) is 1. The number of H-pyrrole nitrogens is 1. The van der Waals surface area contributed by atoms with Crippen LogP contribution in [0.2, 0.25) is 0 Å². The minimum atomic E-state index is -4.64. The second-order valence-corrected chi connectivity index (χ2v) is 3.75. The first-order valence-electron chi connectivity index (χ1n) is 4.11. The highest BCUT2D eigenvalue weighted by molar-refractivity contribution is 7.45. The highest BCUT2D eigenvalue weighted by Gasteiger charge is 2.04. The Morgan fingerprint density at radius 2 is 2.06 bits per heavy atom.